The van der Waals surface area contributed by atoms with Gasteiger partial charge in [0.15, 0.2) is 0 Å². The lowest BCUT2D eigenvalue weighted by molar-refractivity contribution is -0.129. The van der Waals surface area contributed by atoms with E-state index in [-0.39, 0.29) is 23.9 Å². The number of amides is 2. The lowest BCUT2D eigenvalue weighted by Crippen LogP contribution is -2.49. The SMILES string of the molecule is Cn1nc2c(cc1=O)CN(CC(=O)N[C@@H]1CCCCNC1=O)CC2. The topological polar surface area (TPSA) is 96.3 Å². The van der Waals surface area contributed by atoms with Crippen molar-refractivity contribution in [3.8, 4) is 0 Å². The van der Waals surface area contributed by atoms with Crippen molar-refractivity contribution in [1.29, 1.82) is 0 Å². The number of rotatable bonds is 3. The molecule has 0 spiro atoms. The second kappa shape index (κ2) is 7.12. The largest absolute Gasteiger partial charge is 0.354 e. The summed E-state index contributed by atoms with van der Waals surface area (Å²) >= 11 is 0. The van der Waals surface area contributed by atoms with E-state index in [1.807, 2.05) is 4.90 Å². The summed E-state index contributed by atoms with van der Waals surface area (Å²) in [5.41, 5.74) is 1.65. The number of hydrogen-bond acceptors (Lipinski definition) is 5. The molecule has 1 aromatic rings. The Morgan fingerprint density at radius 3 is 3.08 bits per heavy atom. The summed E-state index contributed by atoms with van der Waals surface area (Å²) in [5.74, 6) is -0.255. The molecule has 0 aliphatic carbocycles. The van der Waals surface area contributed by atoms with E-state index in [4.69, 9.17) is 0 Å². The van der Waals surface area contributed by atoms with E-state index >= 15 is 0 Å². The predicted molar refractivity (Wildman–Crippen MR) is 87.3 cm³/mol. The first kappa shape index (κ1) is 16.6. The van der Waals surface area contributed by atoms with Crippen molar-refractivity contribution in [2.45, 2.75) is 38.3 Å². The Labute approximate surface area is 140 Å². The van der Waals surface area contributed by atoms with Crippen LogP contribution in [0.1, 0.15) is 30.5 Å². The fraction of sp³-hybridized carbons (Fsp3) is 0.625. The van der Waals surface area contributed by atoms with E-state index in [9.17, 15) is 14.4 Å². The number of hydrogen-bond donors (Lipinski definition) is 2. The lowest BCUT2D eigenvalue weighted by Gasteiger charge is -2.28. The van der Waals surface area contributed by atoms with Crippen LogP contribution in [0, 0.1) is 0 Å². The Kier molecular flexibility index (Phi) is 4.94. The van der Waals surface area contributed by atoms with Gasteiger partial charge in [0.05, 0.1) is 12.2 Å². The van der Waals surface area contributed by atoms with Crippen LogP contribution in [-0.2, 0) is 29.6 Å². The lowest BCUT2D eigenvalue weighted by atomic mass is 10.1. The number of nitrogens with zero attached hydrogens (tertiary/aromatic N) is 3. The molecular formula is C16H23N5O3. The maximum atomic E-state index is 12.3. The first-order valence-corrected chi connectivity index (χ1v) is 8.38. The maximum Gasteiger partial charge on any atom is 0.266 e. The van der Waals surface area contributed by atoms with Gasteiger partial charge >= 0.3 is 0 Å². The summed E-state index contributed by atoms with van der Waals surface area (Å²) in [7, 11) is 1.64. The zero-order valence-electron chi connectivity index (χ0n) is 13.9. The van der Waals surface area contributed by atoms with Crippen LogP contribution in [-0.4, -0.2) is 52.2 Å². The Morgan fingerprint density at radius 1 is 1.42 bits per heavy atom. The molecule has 0 aromatic carbocycles. The van der Waals surface area contributed by atoms with Crippen molar-refractivity contribution in [3.63, 3.8) is 0 Å². The first-order valence-electron chi connectivity index (χ1n) is 8.38. The van der Waals surface area contributed by atoms with Crippen molar-refractivity contribution in [1.82, 2.24) is 25.3 Å². The van der Waals surface area contributed by atoms with Gasteiger partial charge in [-0.1, -0.05) is 0 Å². The number of nitrogens with one attached hydrogen (secondary N) is 2. The van der Waals surface area contributed by atoms with Crippen molar-refractivity contribution in [2.75, 3.05) is 19.6 Å². The van der Waals surface area contributed by atoms with Gasteiger partial charge in [0.2, 0.25) is 11.8 Å². The Bertz CT molecular complexity index is 699. The molecule has 1 aromatic heterocycles. The molecule has 0 radical (unpaired) electrons. The molecule has 2 amide bonds. The zero-order chi connectivity index (χ0) is 17.1. The van der Waals surface area contributed by atoms with Crippen molar-refractivity contribution >= 4 is 11.8 Å². The highest BCUT2D eigenvalue weighted by atomic mass is 16.2. The second-order valence-corrected chi connectivity index (χ2v) is 6.45. The number of carbonyl (C=O) groups excluding carboxylic acids is 2. The molecule has 2 aliphatic heterocycles. The molecule has 3 rings (SSSR count). The van der Waals surface area contributed by atoms with Crippen LogP contribution in [0.2, 0.25) is 0 Å². The molecule has 0 bridgehead atoms. The van der Waals surface area contributed by atoms with E-state index in [2.05, 4.69) is 15.7 Å². The number of aryl methyl sites for hydroxylation is 1. The number of aromatic nitrogens is 2. The molecule has 1 atom stereocenters. The highest BCUT2D eigenvalue weighted by Crippen LogP contribution is 2.14. The van der Waals surface area contributed by atoms with Gasteiger partial charge < -0.3 is 10.6 Å². The summed E-state index contributed by atoms with van der Waals surface area (Å²) in [5, 5.41) is 9.91. The Hall–Kier alpha value is -2.22. The molecule has 8 nitrogen and oxygen atoms in total. The minimum atomic E-state index is -0.439. The third kappa shape index (κ3) is 3.81. The predicted octanol–water partition coefficient (Wildman–Crippen LogP) is -1.08. The quantitative estimate of drug-likeness (QED) is 0.734. The van der Waals surface area contributed by atoms with Gasteiger partial charge in [-0.05, 0) is 24.8 Å². The van der Waals surface area contributed by atoms with Gasteiger partial charge in [-0.3, -0.25) is 19.3 Å². The van der Waals surface area contributed by atoms with Gasteiger partial charge in [-0.15, -0.1) is 0 Å². The summed E-state index contributed by atoms with van der Waals surface area (Å²) in [6.45, 7) is 2.14. The van der Waals surface area contributed by atoms with Gasteiger partial charge in [0.25, 0.3) is 5.56 Å². The van der Waals surface area contributed by atoms with E-state index < -0.39 is 6.04 Å². The van der Waals surface area contributed by atoms with E-state index in [0.717, 1.165) is 24.1 Å². The van der Waals surface area contributed by atoms with Crippen molar-refractivity contribution in [2.24, 2.45) is 7.05 Å². The summed E-state index contributed by atoms with van der Waals surface area (Å²) in [6.07, 6.45) is 3.26. The summed E-state index contributed by atoms with van der Waals surface area (Å²) in [4.78, 5) is 37.8. The average molecular weight is 333 g/mol. The Balaban J connectivity index is 1.58. The fourth-order valence-electron chi connectivity index (χ4n) is 3.21. The molecule has 3 heterocycles. The van der Waals surface area contributed by atoms with Crippen molar-refractivity contribution < 1.29 is 9.59 Å². The molecule has 1 saturated heterocycles. The summed E-state index contributed by atoms with van der Waals surface area (Å²) in [6, 6.07) is 1.15. The maximum absolute atomic E-state index is 12.3. The van der Waals surface area contributed by atoms with Crippen LogP contribution in [0.25, 0.3) is 0 Å². The average Bonchev–Trinajstić information content (AvgIpc) is 2.74. The standard InChI is InChI=1S/C16H23N5O3/c1-20-15(23)8-11-9-21(7-5-12(11)19-20)10-14(22)18-13-4-2-3-6-17-16(13)24/h8,13H,2-7,9-10H2,1H3,(H,17,24)(H,18,22)/t13-/m1/s1. The highest BCUT2D eigenvalue weighted by molar-refractivity contribution is 5.88. The minimum Gasteiger partial charge on any atom is -0.354 e. The Morgan fingerprint density at radius 2 is 2.25 bits per heavy atom. The second-order valence-electron chi connectivity index (χ2n) is 6.45. The van der Waals surface area contributed by atoms with Gasteiger partial charge in [-0.2, -0.15) is 5.10 Å². The van der Waals surface area contributed by atoms with E-state index in [0.29, 0.717) is 32.5 Å². The molecule has 2 aliphatic rings. The number of carbonyl (C=O) groups is 2. The van der Waals surface area contributed by atoms with Crippen molar-refractivity contribution in [3.05, 3.63) is 27.7 Å². The molecule has 1 fully saturated rings. The van der Waals surface area contributed by atoms with Crippen LogP contribution in [0.15, 0.2) is 10.9 Å². The third-order valence-corrected chi connectivity index (χ3v) is 4.55. The molecule has 0 unspecified atom stereocenters. The van der Waals surface area contributed by atoms with E-state index in [1.165, 1.54) is 4.68 Å². The fourth-order valence-corrected chi connectivity index (χ4v) is 3.21. The molecule has 0 saturated carbocycles. The molecule has 8 heteroatoms. The minimum absolute atomic E-state index is 0.0995. The molecule has 24 heavy (non-hydrogen) atoms. The first-order chi connectivity index (χ1) is 11.5. The summed E-state index contributed by atoms with van der Waals surface area (Å²) < 4.78 is 1.34. The van der Waals surface area contributed by atoms with Crippen LogP contribution in [0.4, 0.5) is 0 Å². The van der Waals surface area contributed by atoms with Crippen LogP contribution < -0.4 is 16.2 Å². The smallest absolute Gasteiger partial charge is 0.266 e. The molecule has 2 N–H and O–H groups in total. The molecular weight excluding hydrogens is 310 g/mol. The zero-order valence-corrected chi connectivity index (χ0v) is 13.9. The van der Waals surface area contributed by atoms with Crippen LogP contribution in [0.3, 0.4) is 0 Å². The highest BCUT2D eigenvalue weighted by Gasteiger charge is 2.25. The number of fused-ring (bicyclic) bond motifs is 1. The normalized spacial score (nSPS) is 21.5. The van der Waals surface area contributed by atoms with E-state index in [1.54, 1.807) is 13.1 Å². The van der Waals surface area contributed by atoms with Crippen LogP contribution >= 0.6 is 0 Å². The van der Waals surface area contributed by atoms with Crippen LogP contribution in [0.5, 0.6) is 0 Å². The van der Waals surface area contributed by atoms with Gasteiger partial charge in [-0.25, -0.2) is 4.68 Å². The molecule has 130 valence electrons. The van der Waals surface area contributed by atoms with Gasteiger partial charge in [0.1, 0.15) is 6.04 Å². The third-order valence-electron chi connectivity index (χ3n) is 4.55. The monoisotopic (exact) mass is 333 g/mol. The van der Waals surface area contributed by atoms with Gasteiger partial charge in [0, 0.05) is 39.2 Å².